The largest absolute Gasteiger partial charge is 0.317 e. The highest BCUT2D eigenvalue weighted by atomic mass is 15.0. The van der Waals surface area contributed by atoms with Crippen LogP contribution < -0.4 is 16.0 Å². The van der Waals surface area contributed by atoms with E-state index >= 15 is 0 Å². The van der Waals surface area contributed by atoms with Crippen molar-refractivity contribution in [3.63, 3.8) is 0 Å². The maximum absolute atomic E-state index is 3.50. The van der Waals surface area contributed by atoms with Gasteiger partial charge in [0, 0.05) is 19.6 Å². The van der Waals surface area contributed by atoms with E-state index in [-0.39, 0.29) is 0 Å². The van der Waals surface area contributed by atoms with Gasteiger partial charge in [-0.05, 0) is 37.9 Å². The van der Waals surface area contributed by atoms with E-state index in [0.717, 1.165) is 39.3 Å². The van der Waals surface area contributed by atoms with Gasteiger partial charge in [0.25, 0.3) is 0 Å². The summed E-state index contributed by atoms with van der Waals surface area (Å²) in [7, 11) is 0. The quantitative estimate of drug-likeness (QED) is 0.534. The molecule has 0 aromatic rings. The molecule has 0 spiro atoms. The fraction of sp³-hybridized carbons (Fsp3) is 1.00. The van der Waals surface area contributed by atoms with E-state index in [1.165, 1.54) is 12.8 Å². The topological polar surface area (TPSA) is 36.1 Å². The van der Waals surface area contributed by atoms with Gasteiger partial charge in [-0.3, -0.25) is 0 Å². The van der Waals surface area contributed by atoms with Gasteiger partial charge in [0.1, 0.15) is 0 Å². The molecule has 3 heteroatoms. The Labute approximate surface area is 88.0 Å². The number of hydrogen-bond donors (Lipinski definition) is 3. The van der Waals surface area contributed by atoms with Crippen molar-refractivity contribution in [3.05, 3.63) is 0 Å². The lowest BCUT2D eigenvalue weighted by Crippen LogP contribution is -2.37. The van der Waals surface area contributed by atoms with Crippen LogP contribution in [0.4, 0.5) is 0 Å². The molecule has 0 unspecified atom stereocenters. The fourth-order valence-electron chi connectivity index (χ4n) is 1.71. The van der Waals surface area contributed by atoms with E-state index in [1.807, 2.05) is 0 Å². The average Bonchev–Trinajstić information content (AvgIpc) is 2.11. The second-order valence-electron chi connectivity index (χ2n) is 4.94. The highest BCUT2D eigenvalue weighted by molar-refractivity contribution is 4.73. The van der Waals surface area contributed by atoms with Crippen molar-refractivity contribution in [2.24, 2.45) is 5.41 Å². The first-order valence-corrected chi connectivity index (χ1v) is 5.83. The molecule has 84 valence electrons. The van der Waals surface area contributed by atoms with Crippen molar-refractivity contribution < 1.29 is 0 Å². The molecule has 0 aromatic heterocycles. The minimum absolute atomic E-state index is 0.423. The van der Waals surface area contributed by atoms with Crippen LogP contribution in [-0.2, 0) is 0 Å². The monoisotopic (exact) mass is 199 g/mol. The molecule has 0 amide bonds. The molecular weight excluding hydrogens is 174 g/mol. The Kier molecular flexibility index (Phi) is 5.45. The van der Waals surface area contributed by atoms with Gasteiger partial charge in [-0.15, -0.1) is 0 Å². The van der Waals surface area contributed by atoms with Gasteiger partial charge < -0.3 is 16.0 Å². The summed E-state index contributed by atoms with van der Waals surface area (Å²) in [5.41, 5.74) is 0.423. The van der Waals surface area contributed by atoms with Crippen molar-refractivity contribution in [1.82, 2.24) is 16.0 Å². The van der Waals surface area contributed by atoms with E-state index in [1.54, 1.807) is 0 Å². The minimum atomic E-state index is 0.423. The average molecular weight is 199 g/mol. The van der Waals surface area contributed by atoms with Gasteiger partial charge in [0.05, 0.1) is 0 Å². The first kappa shape index (κ1) is 12.0. The summed E-state index contributed by atoms with van der Waals surface area (Å²) in [5.74, 6) is 0. The van der Waals surface area contributed by atoms with Gasteiger partial charge >= 0.3 is 0 Å². The van der Waals surface area contributed by atoms with Crippen molar-refractivity contribution in [3.8, 4) is 0 Å². The van der Waals surface area contributed by atoms with Crippen molar-refractivity contribution in [2.45, 2.75) is 26.7 Å². The summed E-state index contributed by atoms with van der Waals surface area (Å²) >= 11 is 0. The molecular formula is C11H25N3. The normalized spacial score (nSPS) is 26.1. The first-order chi connectivity index (χ1) is 6.71. The number of hydrogen-bond acceptors (Lipinski definition) is 3. The molecule has 1 aliphatic heterocycles. The summed E-state index contributed by atoms with van der Waals surface area (Å²) in [6.07, 6.45) is 2.49. The van der Waals surface area contributed by atoms with E-state index in [0.29, 0.717) is 5.41 Å². The lowest BCUT2D eigenvalue weighted by molar-refractivity contribution is 0.306. The van der Waals surface area contributed by atoms with E-state index in [9.17, 15) is 0 Å². The maximum Gasteiger partial charge on any atom is 0.00769 e. The highest BCUT2D eigenvalue weighted by Gasteiger charge is 2.16. The van der Waals surface area contributed by atoms with Crippen LogP contribution in [0.15, 0.2) is 0 Å². The van der Waals surface area contributed by atoms with Gasteiger partial charge in [-0.1, -0.05) is 13.8 Å². The molecule has 0 aromatic carbocycles. The minimum Gasteiger partial charge on any atom is -0.317 e. The molecule has 3 N–H and O–H groups in total. The molecule has 1 fully saturated rings. The lowest BCUT2D eigenvalue weighted by atomic mass is 9.89. The molecule has 1 aliphatic rings. The van der Waals surface area contributed by atoms with Gasteiger partial charge in [0.15, 0.2) is 0 Å². The molecule has 0 saturated carbocycles. The van der Waals surface area contributed by atoms with E-state index < -0.39 is 0 Å². The zero-order chi connectivity index (χ0) is 10.3. The molecule has 0 radical (unpaired) electrons. The third kappa shape index (κ3) is 5.58. The summed E-state index contributed by atoms with van der Waals surface area (Å²) in [6, 6.07) is 0. The fourth-order valence-corrected chi connectivity index (χ4v) is 1.71. The molecule has 0 bridgehead atoms. The second-order valence-corrected chi connectivity index (χ2v) is 4.94. The van der Waals surface area contributed by atoms with E-state index in [2.05, 4.69) is 29.8 Å². The Hall–Kier alpha value is -0.120. The zero-order valence-electron chi connectivity index (χ0n) is 9.66. The van der Waals surface area contributed by atoms with Crippen LogP contribution >= 0.6 is 0 Å². The molecule has 14 heavy (non-hydrogen) atoms. The molecule has 0 atom stereocenters. The van der Waals surface area contributed by atoms with Crippen molar-refractivity contribution in [2.75, 3.05) is 39.3 Å². The van der Waals surface area contributed by atoms with Crippen LogP contribution in [0.3, 0.4) is 0 Å². The summed E-state index contributed by atoms with van der Waals surface area (Å²) in [4.78, 5) is 0. The van der Waals surface area contributed by atoms with Gasteiger partial charge in [-0.2, -0.15) is 0 Å². The van der Waals surface area contributed by atoms with Crippen LogP contribution in [0, 0.1) is 5.41 Å². The standard InChI is InChI=1S/C11H25N3/c1-11(2)4-7-12-5-3-6-13-8-9-14-10-11/h12-14H,3-10H2,1-2H3. The number of nitrogens with one attached hydrogen (secondary N) is 3. The van der Waals surface area contributed by atoms with Gasteiger partial charge in [0.2, 0.25) is 0 Å². The Morgan fingerprint density at radius 1 is 0.786 bits per heavy atom. The van der Waals surface area contributed by atoms with Crippen molar-refractivity contribution >= 4 is 0 Å². The number of rotatable bonds is 0. The molecule has 3 nitrogen and oxygen atoms in total. The SMILES string of the molecule is CC1(C)CCNCCCNCCNC1. The highest BCUT2D eigenvalue weighted by Crippen LogP contribution is 2.17. The Bertz CT molecular complexity index is 131. The maximum atomic E-state index is 3.50. The third-order valence-electron chi connectivity index (χ3n) is 2.77. The van der Waals surface area contributed by atoms with Crippen molar-refractivity contribution in [1.29, 1.82) is 0 Å². The molecule has 1 heterocycles. The Morgan fingerprint density at radius 3 is 2.21 bits per heavy atom. The summed E-state index contributed by atoms with van der Waals surface area (Å²) in [5, 5.41) is 10.4. The zero-order valence-corrected chi connectivity index (χ0v) is 9.66. The first-order valence-electron chi connectivity index (χ1n) is 5.83. The predicted molar refractivity (Wildman–Crippen MR) is 61.6 cm³/mol. The molecule has 1 saturated heterocycles. The predicted octanol–water partition coefficient (Wildman–Crippen LogP) is 0.575. The van der Waals surface area contributed by atoms with Gasteiger partial charge in [-0.25, -0.2) is 0 Å². The Morgan fingerprint density at radius 2 is 1.43 bits per heavy atom. The third-order valence-corrected chi connectivity index (χ3v) is 2.77. The van der Waals surface area contributed by atoms with E-state index in [4.69, 9.17) is 0 Å². The second kappa shape index (κ2) is 6.38. The lowest BCUT2D eigenvalue weighted by Gasteiger charge is -2.26. The Balaban J connectivity index is 2.24. The van der Waals surface area contributed by atoms with Crippen LogP contribution in [0.2, 0.25) is 0 Å². The van der Waals surface area contributed by atoms with Crippen LogP contribution in [0.25, 0.3) is 0 Å². The van der Waals surface area contributed by atoms with Crippen LogP contribution in [0.1, 0.15) is 26.7 Å². The molecule has 0 aliphatic carbocycles. The molecule has 1 rings (SSSR count). The summed E-state index contributed by atoms with van der Waals surface area (Å²) in [6.45, 7) is 11.4. The smallest absolute Gasteiger partial charge is 0.00769 e. The summed E-state index contributed by atoms with van der Waals surface area (Å²) < 4.78 is 0. The van der Waals surface area contributed by atoms with Crippen LogP contribution in [0.5, 0.6) is 0 Å². The van der Waals surface area contributed by atoms with Crippen LogP contribution in [-0.4, -0.2) is 39.3 Å².